The zero-order valence-corrected chi connectivity index (χ0v) is 13.7. The van der Waals surface area contributed by atoms with E-state index in [1.165, 1.54) is 11.8 Å². The molecule has 116 valence electrons. The molecule has 2 aromatic carbocycles. The maximum absolute atomic E-state index is 11.9. The Labute approximate surface area is 136 Å². The molecule has 0 fully saturated rings. The number of thioether (sulfide) groups is 1. The van der Waals surface area contributed by atoms with Crippen LogP contribution in [-0.2, 0) is 4.79 Å². The monoisotopic (exact) mass is 315 g/mol. The molecule has 3 nitrogen and oxygen atoms in total. The van der Waals surface area contributed by atoms with Crippen molar-refractivity contribution in [2.24, 2.45) is 5.92 Å². The van der Waals surface area contributed by atoms with Crippen LogP contribution in [-0.4, -0.2) is 18.3 Å². The quantitative estimate of drug-likeness (QED) is 0.767. The molecule has 2 aromatic rings. The number of hydrogen-bond acceptors (Lipinski definition) is 3. The van der Waals surface area contributed by atoms with Crippen molar-refractivity contribution < 1.29 is 9.53 Å². The molecule has 0 spiro atoms. The molecule has 0 heterocycles. The summed E-state index contributed by atoms with van der Waals surface area (Å²) in [6.45, 7) is 4.91. The number of ether oxygens (including phenoxy) is 1. The summed E-state index contributed by atoms with van der Waals surface area (Å²) in [5, 5.41) is 2.89. The molecule has 1 amide bonds. The minimum absolute atomic E-state index is 0.00954. The fourth-order valence-corrected chi connectivity index (χ4v) is 2.48. The minimum atomic E-state index is -0.00954. The minimum Gasteiger partial charge on any atom is -0.493 e. The van der Waals surface area contributed by atoms with Gasteiger partial charge in [-0.05, 0) is 42.3 Å². The van der Waals surface area contributed by atoms with Crippen LogP contribution < -0.4 is 10.1 Å². The van der Waals surface area contributed by atoms with Crippen LogP contribution in [0.4, 0.5) is 5.69 Å². The van der Waals surface area contributed by atoms with E-state index in [-0.39, 0.29) is 5.91 Å². The number of benzene rings is 2. The van der Waals surface area contributed by atoms with Crippen molar-refractivity contribution in [2.45, 2.75) is 18.7 Å². The highest BCUT2D eigenvalue weighted by atomic mass is 32.2. The molecule has 1 N–H and O–H groups in total. The number of carbonyl (C=O) groups excluding carboxylic acids is 1. The second-order valence-corrected chi connectivity index (χ2v) is 6.43. The van der Waals surface area contributed by atoms with E-state index in [9.17, 15) is 4.79 Å². The Morgan fingerprint density at radius 1 is 1.09 bits per heavy atom. The molecule has 0 aliphatic rings. The number of anilines is 1. The van der Waals surface area contributed by atoms with Gasteiger partial charge in [-0.15, -0.1) is 11.8 Å². The molecule has 0 saturated heterocycles. The summed E-state index contributed by atoms with van der Waals surface area (Å²) in [6.07, 6.45) is 0. The number of hydrogen-bond donors (Lipinski definition) is 1. The Kier molecular flexibility index (Phi) is 6.34. The zero-order valence-electron chi connectivity index (χ0n) is 12.9. The van der Waals surface area contributed by atoms with Crippen LogP contribution in [0.5, 0.6) is 5.75 Å². The molecule has 0 aliphatic carbocycles. The average molecular weight is 315 g/mol. The first kappa shape index (κ1) is 16.4. The van der Waals surface area contributed by atoms with Crippen molar-refractivity contribution in [3.63, 3.8) is 0 Å². The van der Waals surface area contributed by atoms with Crippen molar-refractivity contribution in [3.05, 3.63) is 54.6 Å². The maximum Gasteiger partial charge on any atom is 0.234 e. The molecule has 0 unspecified atom stereocenters. The van der Waals surface area contributed by atoms with Gasteiger partial charge in [-0.1, -0.05) is 32.0 Å². The molecule has 0 atom stereocenters. The summed E-state index contributed by atoms with van der Waals surface area (Å²) < 4.78 is 5.62. The third-order valence-corrected chi connectivity index (χ3v) is 3.85. The van der Waals surface area contributed by atoms with E-state index in [1.807, 2.05) is 54.6 Å². The number of amides is 1. The SMILES string of the molecule is CC(C)COc1ccc(NC(=O)CSc2ccccc2)cc1. The molecule has 0 aromatic heterocycles. The first-order valence-corrected chi connectivity index (χ1v) is 8.32. The number of rotatable bonds is 7. The van der Waals surface area contributed by atoms with Crippen LogP contribution in [0, 0.1) is 5.92 Å². The highest BCUT2D eigenvalue weighted by Gasteiger charge is 2.04. The third-order valence-electron chi connectivity index (χ3n) is 2.83. The first-order valence-electron chi connectivity index (χ1n) is 7.34. The van der Waals surface area contributed by atoms with Gasteiger partial charge in [0.1, 0.15) is 5.75 Å². The first-order chi connectivity index (χ1) is 10.6. The predicted octanol–water partition coefficient (Wildman–Crippen LogP) is 4.45. The van der Waals surface area contributed by atoms with Gasteiger partial charge in [-0.3, -0.25) is 4.79 Å². The van der Waals surface area contributed by atoms with Gasteiger partial charge in [0.05, 0.1) is 12.4 Å². The van der Waals surface area contributed by atoms with Crippen LogP contribution in [0.1, 0.15) is 13.8 Å². The predicted molar refractivity (Wildman–Crippen MR) is 92.6 cm³/mol. The molecular weight excluding hydrogens is 294 g/mol. The Hall–Kier alpha value is -1.94. The van der Waals surface area contributed by atoms with E-state index >= 15 is 0 Å². The lowest BCUT2D eigenvalue weighted by molar-refractivity contribution is -0.113. The summed E-state index contributed by atoms with van der Waals surface area (Å²) in [7, 11) is 0. The Morgan fingerprint density at radius 2 is 1.77 bits per heavy atom. The number of nitrogens with one attached hydrogen (secondary N) is 1. The van der Waals surface area contributed by atoms with E-state index in [2.05, 4.69) is 19.2 Å². The van der Waals surface area contributed by atoms with Crippen LogP contribution in [0.2, 0.25) is 0 Å². The summed E-state index contributed by atoms with van der Waals surface area (Å²) in [5.41, 5.74) is 0.788. The van der Waals surface area contributed by atoms with Gasteiger partial charge in [-0.25, -0.2) is 0 Å². The zero-order chi connectivity index (χ0) is 15.8. The normalized spacial score (nSPS) is 10.5. The lowest BCUT2D eigenvalue weighted by Gasteiger charge is -2.10. The summed E-state index contributed by atoms with van der Waals surface area (Å²) in [6, 6.07) is 17.4. The van der Waals surface area contributed by atoms with E-state index in [0.717, 1.165) is 16.3 Å². The van der Waals surface area contributed by atoms with Crippen LogP contribution in [0.3, 0.4) is 0 Å². The third kappa shape index (κ3) is 5.82. The van der Waals surface area contributed by atoms with Crippen LogP contribution >= 0.6 is 11.8 Å². The van der Waals surface area contributed by atoms with Gasteiger partial charge in [-0.2, -0.15) is 0 Å². The molecule has 22 heavy (non-hydrogen) atoms. The molecule has 0 saturated carbocycles. The van der Waals surface area contributed by atoms with Gasteiger partial charge in [0, 0.05) is 10.6 Å². The average Bonchev–Trinajstić information content (AvgIpc) is 2.53. The standard InChI is InChI=1S/C18H21NO2S/c1-14(2)12-21-16-10-8-15(9-11-16)19-18(20)13-22-17-6-4-3-5-7-17/h3-11,14H,12-13H2,1-2H3,(H,19,20). The van der Waals surface area contributed by atoms with Crippen molar-refractivity contribution in [1.29, 1.82) is 0 Å². The van der Waals surface area contributed by atoms with E-state index in [0.29, 0.717) is 18.3 Å². The van der Waals surface area contributed by atoms with Crippen molar-refractivity contribution in [3.8, 4) is 5.75 Å². The Morgan fingerprint density at radius 3 is 2.41 bits per heavy atom. The Balaban J connectivity index is 1.79. The Bertz CT molecular complexity index is 582. The van der Waals surface area contributed by atoms with E-state index in [4.69, 9.17) is 4.74 Å². The number of carbonyl (C=O) groups is 1. The van der Waals surface area contributed by atoms with E-state index < -0.39 is 0 Å². The van der Waals surface area contributed by atoms with Gasteiger partial charge < -0.3 is 10.1 Å². The lowest BCUT2D eigenvalue weighted by atomic mass is 10.2. The molecule has 0 aliphatic heterocycles. The van der Waals surface area contributed by atoms with Gasteiger partial charge in [0.15, 0.2) is 0 Å². The topological polar surface area (TPSA) is 38.3 Å². The molecule has 2 rings (SSSR count). The summed E-state index contributed by atoms with van der Waals surface area (Å²) in [4.78, 5) is 13.0. The smallest absolute Gasteiger partial charge is 0.234 e. The van der Waals surface area contributed by atoms with E-state index in [1.54, 1.807) is 0 Å². The van der Waals surface area contributed by atoms with Gasteiger partial charge in [0.2, 0.25) is 5.91 Å². The second kappa shape index (κ2) is 8.49. The molecule has 4 heteroatoms. The molecular formula is C18H21NO2S. The van der Waals surface area contributed by atoms with Gasteiger partial charge >= 0.3 is 0 Å². The molecule has 0 bridgehead atoms. The second-order valence-electron chi connectivity index (χ2n) is 5.38. The van der Waals surface area contributed by atoms with Gasteiger partial charge in [0.25, 0.3) is 0 Å². The van der Waals surface area contributed by atoms with Crippen molar-refractivity contribution >= 4 is 23.4 Å². The van der Waals surface area contributed by atoms with Crippen molar-refractivity contribution in [1.82, 2.24) is 0 Å². The molecule has 0 radical (unpaired) electrons. The van der Waals surface area contributed by atoms with Crippen LogP contribution in [0.25, 0.3) is 0 Å². The summed E-state index contributed by atoms with van der Waals surface area (Å²) >= 11 is 1.53. The largest absolute Gasteiger partial charge is 0.493 e. The van der Waals surface area contributed by atoms with Crippen molar-refractivity contribution in [2.75, 3.05) is 17.7 Å². The highest BCUT2D eigenvalue weighted by Crippen LogP contribution is 2.19. The fraction of sp³-hybridized carbons (Fsp3) is 0.278. The highest BCUT2D eigenvalue weighted by molar-refractivity contribution is 8.00. The summed E-state index contributed by atoms with van der Waals surface area (Å²) in [5.74, 6) is 1.71. The lowest BCUT2D eigenvalue weighted by Crippen LogP contribution is -2.13. The maximum atomic E-state index is 11.9. The fourth-order valence-electron chi connectivity index (χ4n) is 1.76. The van der Waals surface area contributed by atoms with Crippen LogP contribution in [0.15, 0.2) is 59.5 Å².